The lowest BCUT2D eigenvalue weighted by Gasteiger charge is -2.12. The highest BCUT2D eigenvalue weighted by molar-refractivity contribution is 8.19. The fraction of sp³-hybridized carbons (Fsp3) is 0.0435. The topological polar surface area (TPSA) is 46.6 Å². The minimum absolute atomic E-state index is 0.347. The Bertz CT molecular complexity index is 1100. The molecule has 0 bridgehead atoms. The first kappa shape index (κ1) is 19.3. The molecular weight excluding hydrogens is 406 g/mol. The van der Waals surface area contributed by atoms with Crippen LogP contribution >= 0.6 is 23.4 Å². The number of amides is 2. The molecule has 0 N–H and O–H groups in total. The van der Waals surface area contributed by atoms with Crippen molar-refractivity contribution in [1.82, 2.24) is 0 Å². The van der Waals surface area contributed by atoms with Crippen molar-refractivity contribution in [2.75, 3.05) is 4.90 Å². The molecule has 0 spiro atoms. The molecule has 4 rings (SSSR count). The number of carbonyl (C=O) groups excluding carboxylic acids is 2. The lowest BCUT2D eigenvalue weighted by atomic mass is 10.2. The third kappa shape index (κ3) is 4.53. The predicted molar refractivity (Wildman–Crippen MR) is 117 cm³/mol. The van der Waals surface area contributed by atoms with Crippen LogP contribution in [0, 0.1) is 0 Å². The third-order valence-corrected chi connectivity index (χ3v) is 5.37. The number of anilines is 1. The third-order valence-electron chi connectivity index (χ3n) is 4.26. The number of thioether (sulfide) groups is 1. The maximum Gasteiger partial charge on any atom is 0.298 e. The molecule has 3 aromatic carbocycles. The van der Waals surface area contributed by atoms with Crippen molar-refractivity contribution in [3.63, 3.8) is 0 Å². The Morgan fingerprint density at radius 3 is 2.52 bits per heavy atom. The van der Waals surface area contributed by atoms with Gasteiger partial charge in [0.15, 0.2) is 0 Å². The first-order valence-electron chi connectivity index (χ1n) is 8.90. The van der Waals surface area contributed by atoms with E-state index in [0.29, 0.717) is 28.0 Å². The monoisotopic (exact) mass is 421 g/mol. The Balaban J connectivity index is 1.52. The van der Waals surface area contributed by atoms with E-state index < -0.39 is 0 Å². The van der Waals surface area contributed by atoms with E-state index in [2.05, 4.69) is 0 Å². The van der Waals surface area contributed by atoms with Crippen LogP contribution in [0.4, 0.5) is 10.5 Å². The second-order valence-electron chi connectivity index (χ2n) is 6.34. The van der Waals surface area contributed by atoms with Gasteiger partial charge in [0.25, 0.3) is 11.1 Å². The minimum Gasteiger partial charge on any atom is -0.489 e. The zero-order chi connectivity index (χ0) is 20.2. The summed E-state index contributed by atoms with van der Waals surface area (Å²) < 4.78 is 5.84. The summed E-state index contributed by atoms with van der Waals surface area (Å²) in [6.45, 7) is 0.454. The normalized spacial score (nSPS) is 15.2. The zero-order valence-corrected chi connectivity index (χ0v) is 16.8. The quantitative estimate of drug-likeness (QED) is 0.463. The summed E-state index contributed by atoms with van der Waals surface area (Å²) in [5.74, 6) is 0.328. The standard InChI is InChI=1S/C23H16ClNO3S/c24-18-9-5-10-19(14-18)25-22(26)21(29-23(25)27)13-17-8-4-11-20(12-17)28-15-16-6-2-1-3-7-16/h1-14H,15H2. The Hall–Kier alpha value is -3.02. The molecular formula is C23H16ClNO3S. The van der Waals surface area contributed by atoms with Gasteiger partial charge in [-0.1, -0.05) is 60.1 Å². The maximum absolute atomic E-state index is 12.8. The highest BCUT2D eigenvalue weighted by atomic mass is 35.5. The molecule has 0 atom stereocenters. The molecule has 4 nitrogen and oxygen atoms in total. The van der Waals surface area contributed by atoms with Crippen LogP contribution < -0.4 is 9.64 Å². The highest BCUT2D eigenvalue weighted by Crippen LogP contribution is 2.36. The van der Waals surface area contributed by atoms with E-state index in [4.69, 9.17) is 16.3 Å². The first-order valence-corrected chi connectivity index (χ1v) is 10.1. The van der Waals surface area contributed by atoms with E-state index in [1.54, 1.807) is 30.3 Å². The smallest absolute Gasteiger partial charge is 0.298 e. The number of rotatable bonds is 5. The van der Waals surface area contributed by atoms with Crippen LogP contribution in [0.1, 0.15) is 11.1 Å². The molecule has 1 aliphatic rings. The van der Waals surface area contributed by atoms with E-state index in [-0.39, 0.29) is 11.1 Å². The largest absolute Gasteiger partial charge is 0.489 e. The van der Waals surface area contributed by atoms with Gasteiger partial charge in [-0.2, -0.15) is 0 Å². The molecule has 144 valence electrons. The highest BCUT2D eigenvalue weighted by Gasteiger charge is 2.36. The SMILES string of the molecule is O=C1SC(=Cc2cccc(OCc3ccccc3)c2)C(=O)N1c1cccc(Cl)c1. The zero-order valence-electron chi connectivity index (χ0n) is 15.2. The summed E-state index contributed by atoms with van der Waals surface area (Å²) in [7, 11) is 0. The molecule has 29 heavy (non-hydrogen) atoms. The van der Waals surface area contributed by atoms with Crippen LogP contribution in [-0.2, 0) is 11.4 Å². The molecule has 0 unspecified atom stereocenters. The van der Waals surface area contributed by atoms with E-state index in [1.165, 1.54) is 0 Å². The van der Waals surface area contributed by atoms with E-state index in [0.717, 1.165) is 27.8 Å². The average molecular weight is 422 g/mol. The number of halogens is 1. The predicted octanol–water partition coefficient (Wildman–Crippen LogP) is 6.16. The first-order chi connectivity index (χ1) is 14.1. The summed E-state index contributed by atoms with van der Waals surface area (Å²) in [4.78, 5) is 26.6. The Morgan fingerprint density at radius 2 is 1.72 bits per heavy atom. The van der Waals surface area contributed by atoms with Gasteiger partial charge < -0.3 is 4.74 Å². The summed E-state index contributed by atoms with van der Waals surface area (Å²) in [5, 5.41) is 0.119. The van der Waals surface area contributed by atoms with Gasteiger partial charge in [-0.05, 0) is 59.3 Å². The number of hydrogen-bond donors (Lipinski definition) is 0. The van der Waals surface area contributed by atoms with E-state index in [9.17, 15) is 9.59 Å². The number of ether oxygens (including phenoxy) is 1. The van der Waals surface area contributed by atoms with Gasteiger partial charge in [0.05, 0.1) is 10.6 Å². The van der Waals surface area contributed by atoms with Crippen molar-refractivity contribution in [2.24, 2.45) is 0 Å². The van der Waals surface area contributed by atoms with Gasteiger partial charge in [-0.3, -0.25) is 9.59 Å². The van der Waals surface area contributed by atoms with Crippen LogP contribution in [-0.4, -0.2) is 11.1 Å². The van der Waals surface area contributed by atoms with Crippen molar-refractivity contribution in [1.29, 1.82) is 0 Å². The van der Waals surface area contributed by atoms with E-state index in [1.807, 2.05) is 54.6 Å². The number of hydrogen-bond acceptors (Lipinski definition) is 4. The van der Waals surface area contributed by atoms with Crippen LogP contribution in [0.15, 0.2) is 83.8 Å². The fourth-order valence-corrected chi connectivity index (χ4v) is 3.92. The van der Waals surface area contributed by atoms with Crippen LogP contribution in [0.3, 0.4) is 0 Å². The van der Waals surface area contributed by atoms with Crippen LogP contribution in [0.5, 0.6) is 5.75 Å². The molecule has 6 heteroatoms. The summed E-state index contributed by atoms with van der Waals surface area (Å²) >= 11 is 6.90. The van der Waals surface area contributed by atoms with Crippen molar-refractivity contribution in [2.45, 2.75) is 6.61 Å². The van der Waals surface area contributed by atoms with Crippen LogP contribution in [0.2, 0.25) is 5.02 Å². The van der Waals surface area contributed by atoms with Crippen molar-refractivity contribution >= 4 is 46.3 Å². The van der Waals surface area contributed by atoms with Gasteiger partial charge >= 0.3 is 0 Å². The van der Waals surface area contributed by atoms with E-state index >= 15 is 0 Å². The molecule has 1 aliphatic heterocycles. The molecule has 0 saturated carbocycles. The minimum atomic E-state index is -0.363. The lowest BCUT2D eigenvalue weighted by Crippen LogP contribution is -2.27. The Labute approximate surface area is 177 Å². The molecule has 0 aliphatic carbocycles. The van der Waals surface area contributed by atoms with Gasteiger partial charge in [-0.15, -0.1) is 0 Å². The van der Waals surface area contributed by atoms with Gasteiger partial charge in [0.2, 0.25) is 0 Å². The molecule has 0 aromatic heterocycles. The molecule has 1 heterocycles. The Morgan fingerprint density at radius 1 is 0.931 bits per heavy atom. The van der Waals surface area contributed by atoms with Crippen LogP contribution in [0.25, 0.3) is 6.08 Å². The fourth-order valence-electron chi connectivity index (χ4n) is 2.89. The van der Waals surface area contributed by atoms with Crippen molar-refractivity contribution in [3.05, 3.63) is 99.9 Å². The second-order valence-corrected chi connectivity index (χ2v) is 7.77. The maximum atomic E-state index is 12.8. The Kier molecular flexibility index (Phi) is 5.69. The van der Waals surface area contributed by atoms with Crippen molar-refractivity contribution in [3.8, 4) is 5.75 Å². The molecule has 1 saturated heterocycles. The average Bonchev–Trinajstić information content (AvgIpc) is 3.00. The molecule has 3 aromatic rings. The number of benzene rings is 3. The summed E-state index contributed by atoms with van der Waals surface area (Å²) in [5.41, 5.74) is 2.32. The number of imide groups is 1. The summed E-state index contributed by atoms with van der Waals surface area (Å²) in [6.07, 6.45) is 1.70. The van der Waals surface area contributed by atoms with Crippen molar-refractivity contribution < 1.29 is 14.3 Å². The second kappa shape index (κ2) is 8.55. The molecule has 0 radical (unpaired) electrons. The molecule has 2 amide bonds. The van der Waals surface area contributed by atoms with Gasteiger partial charge in [0.1, 0.15) is 12.4 Å². The lowest BCUT2D eigenvalue weighted by molar-refractivity contribution is -0.113. The van der Waals surface area contributed by atoms with Gasteiger partial charge in [0, 0.05) is 5.02 Å². The number of carbonyl (C=O) groups is 2. The summed E-state index contributed by atoms with van der Waals surface area (Å²) in [6, 6.07) is 24.0. The molecule has 1 fully saturated rings. The van der Waals surface area contributed by atoms with Gasteiger partial charge in [-0.25, -0.2) is 4.90 Å². The number of nitrogens with zero attached hydrogens (tertiary/aromatic N) is 1.